The molecule has 2 aromatic heterocycles. The van der Waals surface area contributed by atoms with Gasteiger partial charge in [-0.15, -0.1) is 5.10 Å². The molecule has 1 atom stereocenters. The van der Waals surface area contributed by atoms with Crippen LogP contribution in [0.4, 0.5) is 0 Å². The van der Waals surface area contributed by atoms with Crippen LogP contribution in [0.1, 0.15) is 94.8 Å². The molecule has 7 heteroatoms. The van der Waals surface area contributed by atoms with Crippen LogP contribution >= 0.6 is 0 Å². The number of hydrogen-bond donors (Lipinski definition) is 1. The van der Waals surface area contributed by atoms with Gasteiger partial charge >= 0.3 is 0 Å². The highest BCUT2D eigenvalue weighted by Crippen LogP contribution is 2.35. The molecule has 1 N–H and O–H groups in total. The van der Waals surface area contributed by atoms with Gasteiger partial charge in [-0.1, -0.05) is 26.2 Å². The molecule has 7 nitrogen and oxygen atoms in total. The summed E-state index contributed by atoms with van der Waals surface area (Å²) in [4.78, 5) is 18.8. The SMILES string of the molecule is CCCC(c1nnnn1C(C)(C)C)N(Cc1cc2cc(C)c(C)cc2[nH]c1=O)C1CCCC1. The predicted molar refractivity (Wildman–Crippen MR) is 132 cm³/mol. The lowest BCUT2D eigenvalue weighted by molar-refractivity contribution is 0.104. The van der Waals surface area contributed by atoms with Gasteiger partial charge in [-0.25, -0.2) is 4.68 Å². The van der Waals surface area contributed by atoms with Crippen molar-refractivity contribution >= 4 is 10.9 Å². The van der Waals surface area contributed by atoms with Gasteiger partial charge < -0.3 is 4.98 Å². The van der Waals surface area contributed by atoms with Crippen LogP contribution in [0.15, 0.2) is 23.0 Å². The molecule has 0 radical (unpaired) electrons. The highest BCUT2D eigenvalue weighted by atomic mass is 16.1. The molecular formula is C26H38N6O. The average Bonchev–Trinajstić information content (AvgIpc) is 3.44. The molecule has 0 saturated heterocycles. The van der Waals surface area contributed by atoms with Crippen LogP contribution in [-0.2, 0) is 12.1 Å². The van der Waals surface area contributed by atoms with Gasteiger partial charge in [0.1, 0.15) is 0 Å². The van der Waals surface area contributed by atoms with E-state index >= 15 is 0 Å². The van der Waals surface area contributed by atoms with Gasteiger partial charge in [-0.2, -0.15) is 0 Å². The van der Waals surface area contributed by atoms with Crippen LogP contribution < -0.4 is 5.56 Å². The fraction of sp³-hybridized carbons (Fsp3) is 0.615. The summed E-state index contributed by atoms with van der Waals surface area (Å²) >= 11 is 0. The van der Waals surface area contributed by atoms with E-state index in [1.807, 2.05) is 4.68 Å². The standard InChI is InChI=1S/C26H38N6O/c1-7-10-23(24-28-29-30-32(24)26(4,5)6)31(21-11-8-9-12-21)16-20-15-19-13-17(2)18(3)14-22(19)27-25(20)33/h13-15,21,23H,7-12,16H2,1-6H3,(H,27,33). The number of aromatic amines is 1. The van der Waals surface area contributed by atoms with Crippen LogP contribution in [0.2, 0.25) is 0 Å². The van der Waals surface area contributed by atoms with Gasteiger partial charge in [-0.3, -0.25) is 9.69 Å². The number of rotatable bonds is 7. The van der Waals surface area contributed by atoms with E-state index in [9.17, 15) is 4.79 Å². The van der Waals surface area contributed by atoms with Crippen LogP contribution in [0.25, 0.3) is 10.9 Å². The molecule has 2 heterocycles. The maximum Gasteiger partial charge on any atom is 0.252 e. The lowest BCUT2D eigenvalue weighted by atomic mass is 10.0. The lowest BCUT2D eigenvalue weighted by Gasteiger charge is -2.36. The Bertz CT molecular complexity index is 1170. The fourth-order valence-corrected chi connectivity index (χ4v) is 5.16. The molecule has 4 rings (SSSR count). The zero-order valence-electron chi connectivity index (χ0n) is 21.0. The fourth-order valence-electron chi connectivity index (χ4n) is 5.16. The van der Waals surface area contributed by atoms with Crippen LogP contribution in [-0.4, -0.2) is 36.1 Å². The summed E-state index contributed by atoms with van der Waals surface area (Å²) < 4.78 is 1.96. The van der Waals surface area contributed by atoms with E-state index in [0.717, 1.165) is 48.0 Å². The number of aromatic nitrogens is 5. The van der Waals surface area contributed by atoms with Gasteiger partial charge in [0, 0.05) is 23.7 Å². The molecule has 0 spiro atoms. The van der Waals surface area contributed by atoms with Crippen molar-refractivity contribution in [3.63, 3.8) is 0 Å². The number of fused-ring (bicyclic) bond motifs is 1. The normalized spacial score (nSPS) is 16.2. The van der Waals surface area contributed by atoms with Gasteiger partial charge in [-0.05, 0) is 99.0 Å². The largest absolute Gasteiger partial charge is 0.322 e. The first-order chi connectivity index (χ1) is 15.7. The number of hydrogen-bond acceptors (Lipinski definition) is 5. The molecule has 0 aliphatic heterocycles. The van der Waals surface area contributed by atoms with Crippen LogP contribution in [0.3, 0.4) is 0 Å². The topological polar surface area (TPSA) is 79.7 Å². The molecule has 1 aliphatic carbocycles. The Kier molecular flexibility index (Phi) is 6.71. The summed E-state index contributed by atoms with van der Waals surface area (Å²) in [6.45, 7) is 13.4. The first kappa shape index (κ1) is 23.6. The van der Waals surface area contributed by atoms with Crippen molar-refractivity contribution in [1.29, 1.82) is 0 Å². The van der Waals surface area contributed by atoms with Gasteiger partial charge in [0.2, 0.25) is 0 Å². The zero-order chi connectivity index (χ0) is 23.8. The number of aryl methyl sites for hydroxylation is 2. The Hall–Kier alpha value is -2.54. The van der Waals surface area contributed by atoms with E-state index in [2.05, 4.69) is 85.2 Å². The maximum absolute atomic E-state index is 13.1. The number of tetrazole rings is 1. The first-order valence-electron chi connectivity index (χ1n) is 12.4. The van der Waals surface area contributed by atoms with E-state index in [4.69, 9.17) is 0 Å². The third-order valence-corrected chi connectivity index (χ3v) is 7.07. The van der Waals surface area contributed by atoms with Crippen molar-refractivity contribution < 1.29 is 0 Å². The van der Waals surface area contributed by atoms with Crippen molar-refractivity contribution in [2.45, 2.75) is 104 Å². The molecule has 1 unspecified atom stereocenters. The van der Waals surface area contributed by atoms with Crippen molar-refractivity contribution in [3.8, 4) is 0 Å². The molecule has 0 bridgehead atoms. The van der Waals surface area contributed by atoms with Gasteiger partial charge in [0.25, 0.3) is 5.56 Å². The van der Waals surface area contributed by atoms with E-state index in [0.29, 0.717) is 12.6 Å². The highest BCUT2D eigenvalue weighted by molar-refractivity contribution is 5.80. The maximum atomic E-state index is 13.1. The molecule has 178 valence electrons. The Morgan fingerprint density at radius 3 is 2.52 bits per heavy atom. The summed E-state index contributed by atoms with van der Waals surface area (Å²) in [6, 6.07) is 6.83. The summed E-state index contributed by atoms with van der Waals surface area (Å²) in [5.41, 5.74) is 3.94. The number of nitrogens with one attached hydrogen (secondary N) is 1. The number of nitrogens with zero attached hydrogens (tertiary/aromatic N) is 5. The van der Waals surface area contributed by atoms with Crippen LogP contribution in [0.5, 0.6) is 0 Å². The molecule has 1 aliphatic rings. The smallest absolute Gasteiger partial charge is 0.252 e. The second-order valence-corrected chi connectivity index (χ2v) is 10.7. The van der Waals surface area contributed by atoms with Crippen molar-refractivity contribution in [3.05, 3.63) is 51.1 Å². The summed E-state index contributed by atoms with van der Waals surface area (Å²) in [7, 11) is 0. The monoisotopic (exact) mass is 450 g/mol. The molecule has 1 saturated carbocycles. The summed E-state index contributed by atoms with van der Waals surface area (Å²) in [5.74, 6) is 0.903. The molecule has 3 aromatic rings. The second kappa shape index (κ2) is 9.37. The van der Waals surface area contributed by atoms with Crippen molar-refractivity contribution in [2.24, 2.45) is 0 Å². The van der Waals surface area contributed by atoms with Gasteiger partial charge in [0.05, 0.1) is 11.6 Å². The van der Waals surface area contributed by atoms with E-state index in [1.54, 1.807) is 0 Å². The molecule has 0 amide bonds. The number of benzene rings is 1. The number of pyridine rings is 1. The minimum Gasteiger partial charge on any atom is -0.322 e. The van der Waals surface area contributed by atoms with Crippen LogP contribution in [0, 0.1) is 13.8 Å². The Labute approximate surface area is 196 Å². The third kappa shape index (κ3) is 4.88. The molecular weight excluding hydrogens is 412 g/mol. The Balaban J connectivity index is 1.78. The first-order valence-corrected chi connectivity index (χ1v) is 12.4. The molecule has 1 aromatic carbocycles. The summed E-state index contributed by atoms with van der Waals surface area (Å²) in [6.07, 6.45) is 6.75. The second-order valence-electron chi connectivity index (χ2n) is 10.7. The predicted octanol–water partition coefficient (Wildman–Crippen LogP) is 5.17. The third-order valence-electron chi connectivity index (χ3n) is 7.07. The zero-order valence-corrected chi connectivity index (χ0v) is 21.0. The van der Waals surface area contributed by atoms with Gasteiger partial charge in [0.15, 0.2) is 5.82 Å². The average molecular weight is 451 g/mol. The Morgan fingerprint density at radius 1 is 1.15 bits per heavy atom. The van der Waals surface area contributed by atoms with E-state index in [1.165, 1.54) is 24.0 Å². The highest BCUT2D eigenvalue weighted by Gasteiger charge is 2.35. The molecule has 33 heavy (non-hydrogen) atoms. The minimum atomic E-state index is -0.206. The van der Waals surface area contributed by atoms with E-state index in [-0.39, 0.29) is 17.1 Å². The molecule has 1 fully saturated rings. The summed E-state index contributed by atoms with van der Waals surface area (Å²) in [5, 5.41) is 14.0. The lowest BCUT2D eigenvalue weighted by Crippen LogP contribution is -2.40. The van der Waals surface area contributed by atoms with E-state index < -0.39 is 0 Å². The Morgan fingerprint density at radius 2 is 1.85 bits per heavy atom. The number of H-pyrrole nitrogens is 1. The van der Waals surface area contributed by atoms with Crippen molar-refractivity contribution in [1.82, 2.24) is 30.1 Å². The minimum absolute atomic E-state index is 0.000545. The quantitative estimate of drug-likeness (QED) is 0.537. The van der Waals surface area contributed by atoms with Crippen molar-refractivity contribution in [2.75, 3.05) is 0 Å².